The van der Waals surface area contributed by atoms with E-state index in [0.717, 1.165) is 50.3 Å². The van der Waals surface area contributed by atoms with Gasteiger partial charge in [0.2, 0.25) is 0 Å². The number of halogens is 1. The Hall–Kier alpha value is -0.580. The molecule has 0 radical (unpaired) electrons. The summed E-state index contributed by atoms with van der Waals surface area (Å²) in [4.78, 5) is 16.3. The fraction of sp³-hybridized carbons (Fsp3) is 0.706. The van der Waals surface area contributed by atoms with Crippen molar-refractivity contribution in [3.63, 3.8) is 0 Å². The van der Waals surface area contributed by atoms with Gasteiger partial charge in [0.25, 0.3) is 5.91 Å². The van der Waals surface area contributed by atoms with E-state index in [9.17, 15) is 4.79 Å². The van der Waals surface area contributed by atoms with Crippen LogP contribution in [0.15, 0.2) is 5.38 Å². The molecule has 1 saturated heterocycles. The molecular formula is C17H27ClN2OS. The predicted octanol–water partition coefficient (Wildman–Crippen LogP) is 3.49. The lowest BCUT2D eigenvalue weighted by Crippen LogP contribution is -2.42. The average molecular weight is 343 g/mol. The lowest BCUT2D eigenvalue weighted by atomic mass is 9.87. The van der Waals surface area contributed by atoms with E-state index in [1.807, 2.05) is 4.90 Å². The van der Waals surface area contributed by atoms with E-state index in [1.165, 1.54) is 16.9 Å². The van der Waals surface area contributed by atoms with Crippen molar-refractivity contribution >= 4 is 29.7 Å². The second kappa shape index (κ2) is 7.33. The van der Waals surface area contributed by atoms with Gasteiger partial charge in [-0.3, -0.25) is 4.79 Å². The van der Waals surface area contributed by atoms with Crippen molar-refractivity contribution in [2.24, 2.45) is 17.6 Å². The van der Waals surface area contributed by atoms with Crippen molar-refractivity contribution < 1.29 is 4.79 Å². The third-order valence-electron chi connectivity index (χ3n) is 5.20. The molecule has 1 aromatic heterocycles. The molecule has 124 valence electrons. The molecule has 0 saturated carbocycles. The van der Waals surface area contributed by atoms with Gasteiger partial charge in [0.15, 0.2) is 0 Å². The van der Waals surface area contributed by atoms with Gasteiger partial charge in [-0.25, -0.2) is 0 Å². The summed E-state index contributed by atoms with van der Waals surface area (Å²) in [5.74, 6) is 1.59. The summed E-state index contributed by atoms with van der Waals surface area (Å²) in [6, 6.07) is 0.248. The van der Waals surface area contributed by atoms with Gasteiger partial charge >= 0.3 is 0 Å². The van der Waals surface area contributed by atoms with Gasteiger partial charge in [-0.1, -0.05) is 6.92 Å². The van der Waals surface area contributed by atoms with Crippen LogP contribution in [0.4, 0.5) is 0 Å². The topological polar surface area (TPSA) is 46.3 Å². The Balaban J connectivity index is 0.00000176. The van der Waals surface area contributed by atoms with E-state index < -0.39 is 0 Å². The molecule has 1 amide bonds. The molecule has 1 aliphatic carbocycles. The quantitative estimate of drug-likeness (QED) is 0.894. The maximum Gasteiger partial charge on any atom is 0.254 e. The highest BCUT2D eigenvalue weighted by molar-refractivity contribution is 7.10. The lowest BCUT2D eigenvalue weighted by Gasteiger charge is -2.34. The summed E-state index contributed by atoms with van der Waals surface area (Å²) >= 11 is 1.79. The third-order valence-corrected chi connectivity index (χ3v) is 6.25. The molecule has 3 nitrogen and oxygen atoms in total. The molecular weight excluding hydrogens is 316 g/mol. The second-order valence-corrected chi connectivity index (χ2v) is 7.85. The van der Waals surface area contributed by atoms with Crippen LogP contribution in [0.5, 0.6) is 0 Å². The zero-order chi connectivity index (χ0) is 15.0. The van der Waals surface area contributed by atoms with Gasteiger partial charge in [0, 0.05) is 29.4 Å². The lowest BCUT2D eigenvalue weighted by molar-refractivity contribution is 0.0680. The largest absolute Gasteiger partial charge is 0.339 e. The minimum Gasteiger partial charge on any atom is -0.339 e. The number of likely N-dealkylation sites (tertiary alicyclic amines) is 1. The highest BCUT2D eigenvalue weighted by Gasteiger charge is 2.29. The number of rotatable bonds is 2. The summed E-state index contributed by atoms with van der Waals surface area (Å²) in [5.41, 5.74) is 8.32. The van der Waals surface area contributed by atoms with Gasteiger partial charge in [-0.2, -0.15) is 0 Å². The van der Waals surface area contributed by atoms with Crippen LogP contribution in [-0.4, -0.2) is 29.9 Å². The second-order valence-electron chi connectivity index (χ2n) is 6.89. The van der Waals surface area contributed by atoms with Gasteiger partial charge in [-0.15, -0.1) is 23.7 Å². The van der Waals surface area contributed by atoms with Crippen LogP contribution in [0.2, 0.25) is 0 Å². The van der Waals surface area contributed by atoms with Crippen molar-refractivity contribution in [1.82, 2.24) is 4.90 Å². The number of carbonyl (C=O) groups is 1. The first-order valence-corrected chi connectivity index (χ1v) is 9.08. The molecule has 2 unspecified atom stereocenters. The average Bonchev–Trinajstić information content (AvgIpc) is 2.89. The molecule has 2 atom stereocenters. The number of fused-ring (bicyclic) bond motifs is 1. The summed E-state index contributed by atoms with van der Waals surface area (Å²) in [6.07, 6.45) is 5.55. The number of piperidine rings is 1. The SMILES string of the molecule is CC1CCc2c(C(=O)N3CCC(C(C)N)CC3)csc2C1.Cl. The smallest absolute Gasteiger partial charge is 0.254 e. The fourth-order valence-corrected chi connectivity index (χ4v) is 4.89. The summed E-state index contributed by atoms with van der Waals surface area (Å²) in [5, 5.41) is 2.10. The molecule has 22 heavy (non-hydrogen) atoms. The molecule has 0 bridgehead atoms. The molecule has 5 heteroatoms. The van der Waals surface area contributed by atoms with Crippen molar-refractivity contribution in [2.75, 3.05) is 13.1 Å². The van der Waals surface area contributed by atoms with Crippen LogP contribution < -0.4 is 5.73 Å². The van der Waals surface area contributed by atoms with E-state index in [-0.39, 0.29) is 24.4 Å². The van der Waals surface area contributed by atoms with E-state index in [4.69, 9.17) is 5.73 Å². The Bertz CT molecular complexity index is 521. The number of nitrogens with zero attached hydrogens (tertiary/aromatic N) is 1. The van der Waals surface area contributed by atoms with Crippen LogP contribution >= 0.6 is 23.7 Å². The Morgan fingerprint density at radius 2 is 2.05 bits per heavy atom. The van der Waals surface area contributed by atoms with Crippen LogP contribution in [0.3, 0.4) is 0 Å². The molecule has 2 heterocycles. The Labute approximate surface area is 143 Å². The number of nitrogens with two attached hydrogens (primary N) is 1. The maximum absolute atomic E-state index is 12.8. The van der Waals surface area contributed by atoms with E-state index in [2.05, 4.69) is 19.2 Å². The zero-order valence-electron chi connectivity index (χ0n) is 13.5. The highest BCUT2D eigenvalue weighted by Crippen LogP contribution is 2.34. The fourth-order valence-electron chi connectivity index (χ4n) is 3.66. The molecule has 0 aromatic carbocycles. The van der Waals surface area contributed by atoms with Crippen molar-refractivity contribution in [3.05, 3.63) is 21.4 Å². The number of thiophene rings is 1. The predicted molar refractivity (Wildman–Crippen MR) is 95.0 cm³/mol. The minimum absolute atomic E-state index is 0. The molecule has 3 rings (SSSR count). The van der Waals surface area contributed by atoms with Crippen molar-refractivity contribution in [3.8, 4) is 0 Å². The van der Waals surface area contributed by atoms with Crippen LogP contribution in [0.25, 0.3) is 0 Å². The zero-order valence-corrected chi connectivity index (χ0v) is 15.1. The Morgan fingerprint density at radius 3 is 2.68 bits per heavy atom. The monoisotopic (exact) mass is 342 g/mol. The van der Waals surface area contributed by atoms with Crippen LogP contribution in [-0.2, 0) is 12.8 Å². The van der Waals surface area contributed by atoms with Gasteiger partial charge < -0.3 is 10.6 Å². The summed E-state index contributed by atoms with van der Waals surface area (Å²) < 4.78 is 0. The van der Waals surface area contributed by atoms with E-state index in [0.29, 0.717) is 5.92 Å². The Morgan fingerprint density at radius 1 is 1.36 bits per heavy atom. The Kier molecular flexibility index (Phi) is 5.92. The van der Waals surface area contributed by atoms with Crippen molar-refractivity contribution in [1.29, 1.82) is 0 Å². The first-order valence-electron chi connectivity index (χ1n) is 8.20. The molecule has 2 N–H and O–H groups in total. The van der Waals surface area contributed by atoms with E-state index >= 15 is 0 Å². The summed E-state index contributed by atoms with van der Waals surface area (Å²) in [7, 11) is 0. The van der Waals surface area contributed by atoms with Gasteiger partial charge in [-0.05, 0) is 56.4 Å². The molecule has 2 aliphatic rings. The van der Waals surface area contributed by atoms with E-state index in [1.54, 1.807) is 11.3 Å². The minimum atomic E-state index is 0. The standard InChI is InChI=1S/C17H26N2OS.ClH/c1-11-3-4-14-15(10-21-16(14)9-11)17(20)19-7-5-13(6-8-19)12(2)18;/h10-13H,3-9,18H2,1-2H3;1H. The molecule has 0 spiro atoms. The molecule has 1 fully saturated rings. The number of amides is 1. The van der Waals surface area contributed by atoms with Gasteiger partial charge in [0.05, 0.1) is 5.56 Å². The van der Waals surface area contributed by atoms with Gasteiger partial charge in [0.1, 0.15) is 0 Å². The van der Waals surface area contributed by atoms with Crippen molar-refractivity contribution in [2.45, 2.75) is 52.0 Å². The normalized spacial score (nSPS) is 23.6. The van der Waals surface area contributed by atoms with Crippen LogP contribution in [0, 0.1) is 11.8 Å². The highest BCUT2D eigenvalue weighted by atomic mass is 35.5. The molecule has 1 aliphatic heterocycles. The third kappa shape index (κ3) is 3.50. The number of hydrogen-bond acceptors (Lipinski definition) is 3. The summed E-state index contributed by atoms with van der Waals surface area (Å²) in [6.45, 7) is 6.12. The number of carbonyl (C=O) groups excluding carboxylic acids is 1. The maximum atomic E-state index is 12.8. The first-order chi connectivity index (χ1) is 10.1. The molecule has 1 aromatic rings. The first kappa shape index (κ1) is 17.8. The number of hydrogen-bond donors (Lipinski definition) is 1. The van der Waals surface area contributed by atoms with Crippen LogP contribution in [0.1, 0.15) is 53.9 Å².